The van der Waals surface area contributed by atoms with Gasteiger partial charge in [0.25, 0.3) is 0 Å². The molecule has 0 rings (SSSR count). The highest BCUT2D eigenvalue weighted by molar-refractivity contribution is 7.47. The monoisotopic (exact) mass is 1480 g/mol. The molecule has 5 atom stereocenters. The summed E-state index contributed by atoms with van der Waals surface area (Å²) in [5, 5.41) is 10.6. The van der Waals surface area contributed by atoms with E-state index in [9.17, 15) is 43.2 Å². The number of rotatable bonds is 79. The lowest BCUT2D eigenvalue weighted by Crippen LogP contribution is -2.30. The quantitative estimate of drug-likeness (QED) is 0.0169. The molecule has 3 N–H and O–H groups in total. The number of esters is 4. The van der Waals surface area contributed by atoms with Crippen molar-refractivity contribution in [3.05, 3.63) is 60.8 Å². The number of ether oxygens (including phenoxy) is 4. The highest BCUT2D eigenvalue weighted by Crippen LogP contribution is 2.45. The zero-order chi connectivity index (χ0) is 74.6. The Morgan fingerprint density at radius 3 is 0.804 bits per heavy atom. The summed E-state index contributed by atoms with van der Waals surface area (Å²) in [6, 6.07) is 0. The van der Waals surface area contributed by atoms with E-state index in [1.165, 1.54) is 193 Å². The molecule has 0 bridgehead atoms. The van der Waals surface area contributed by atoms with Crippen LogP contribution in [0.5, 0.6) is 0 Å². The Bertz CT molecular complexity index is 2170. The van der Waals surface area contributed by atoms with Crippen LogP contribution in [-0.4, -0.2) is 96.7 Å². The maximum absolute atomic E-state index is 13.1. The van der Waals surface area contributed by atoms with Crippen LogP contribution in [0, 0.1) is 0 Å². The van der Waals surface area contributed by atoms with Gasteiger partial charge >= 0.3 is 39.5 Å². The van der Waals surface area contributed by atoms with Crippen molar-refractivity contribution in [3.8, 4) is 0 Å². The van der Waals surface area contributed by atoms with E-state index in [1.807, 2.05) is 12.2 Å². The number of phosphoric ester groups is 2. The molecule has 0 aromatic heterocycles. The number of hydrogen-bond acceptors (Lipinski definition) is 15. The molecule has 0 spiro atoms. The number of carbonyl (C=O) groups is 4. The Morgan fingerprint density at radius 1 is 0.275 bits per heavy atom. The number of unbranched alkanes of at least 4 members (excludes halogenated alkanes) is 43. The average Bonchev–Trinajstić information content (AvgIpc) is 0.917. The van der Waals surface area contributed by atoms with Gasteiger partial charge in [-0.15, -0.1) is 0 Å². The van der Waals surface area contributed by atoms with Crippen molar-refractivity contribution in [3.63, 3.8) is 0 Å². The van der Waals surface area contributed by atoms with Crippen molar-refractivity contribution >= 4 is 39.5 Å². The molecular weight excluding hydrogens is 1330 g/mol. The van der Waals surface area contributed by atoms with Gasteiger partial charge in [-0.2, -0.15) is 0 Å². The van der Waals surface area contributed by atoms with E-state index in [1.54, 1.807) is 0 Å². The van der Waals surface area contributed by atoms with Gasteiger partial charge < -0.3 is 33.8 Å². The van der Waals surface area contributed by atoms with E-state index in [0.29, 0.717) is 32.1 Å². The van der Waals surface area contributed by atoms with Crippen LogP contribution in [0.1, 0.15) is 387 Å². The number of phosphoric acid groups is 2. The van der Waals surface area contributed by atoms with Crippen molar-refractivity contribution in [2.24, 2.45) is 0 Å². The number of allylic oxidation sites excluding steroid dienone is 10. The summed E-state index contributed by atoms with van der Waals surface area (Å²) in [5.41, 5.74) is 0. The average molecular weight is 1480 g/mol. The molecule has 0 radical (unpaired) electrons. The van der Waals surface area contributed by atoms with Gasteiger partial charge in [-0.05, 0) is 89.9 Å². The van der Waals surface area contributed by atoms with Gasteiger partial charge in [0.2, 0.25) is 0 Å². The second-order valence-corrected chi connectivity index (χ2v) is 31.0. The molecular formula is C83H152O17P2. The summed E-state index contributed by atoms with van der Waals surface area (Å²) >= 11 is 0. The zero-order valence-electron chi connectivity index (χ0n) is 65.3. The number of aliphatic hydroxyl groups is 1. The summed E-state index contributed by atoms with van der Waals surface area (Å²) in [4.78, 5) is 73.1. The van der Waals surface area contributed by atoms with Gasteiger partial charge in [-0.3, -0.25) is 37.3 Å². The Kier molecular flexibility index (Phi) is 73.6. The fourth-order valence-electron chi connectivity index (χ4n) is 11.6. The fraction of sp³-hybridized carbons (Fsp3) is 0.831. The van der Waals surface area contributed by atoms with Crippen LogP contribution in [0.3, 0.4) is 0 Å². The van der Waals surface area contributed by atoms with Gasteiger partial charge in [0.1, 0.15) is 19.3 Å². The van der Waals surface area contributed by atoms with E-state index >= 15 is 0 Å². The van der Waals surface area contributed by atoms with E-state index < -0.39 is 97.5 Å². The third-order valence-corrected chi connectivity index (χ3v) is 19.9. The highest BCUT2D eigenvalue weighted by Gasteiger charge is 2.30. The predicted octanol–water partition coefficient (Wildman–Crippen LogP) is 24.2. The van der Waals surface area contributed by atoms with Crippen LogP contribution in [-0.2, 0) is 65.4 Å². The number of aliphatic hydroxyl groups excluding tert-OH is 1. The molecule has 2 unspecified atom stereocenters. The van der Waals surface area contributed by atoms with Gasteiger partial charge in [-0.25, -0.2) is 9.13 Å². The second-order valence-electron chi connectivity index (χ2n) is 28.1. The molecule has 596 valence electrons. The van der Waals surface area contributed by atoms with Gasteiger partial charge in [0.15, 0.2) is 12.2 Å². The van der Waals surface area contributed by atoms with Gasteiger partial charge in [0.05, 0.1) is 26.4 Å². The molecule has 0 aliphatic heterocycles. The maximum Gasteiger partial charge on any atom is 0.472 e. The largest absolute Gasteiger partial charge is 0.472 e. The first-order valence-electron chi connectivity index (χ1n) is 41.5. The van der Waals surface area contributed by atoms with Gasteiger partial charge in [-0.1, -0.05) is 332 Å². The third-order valence-electron chi connectivity index (χ3n) is 18.0. The van der Waals surface area contributed by atoms with Crippen molar-refractivity contribution < 1.29 is 80.2 Å². The van der Waals surface area contributed by atoms with Crippen molar-refractivity contribution in [1.82, 2.24) is 0 Å². The minimum absolute atomic E-state index is 0.0244. The lowest BCUT2D eigenvalue weighted by atomic mass is 10.0. The summed E-state index contributed by atoms with van der Waals surface area (Å²) in [6.07, 6.45) is 76.2. The van der Waals surface area contributed by atoms with Crippen LogP contribution in [0.2, 0.25) is 0 Å². The molecule has 0 aliphatic rings. The Morgan fingerprint density at radius 2 is 0.490 bits per heavy atom. The molecule has 19 heteroatoms. The van der Waals surface area contributed by atoms with Crippen molar-refractivity contribution in [2.45, 2.75) is 406 Å². The predicted molar refractivity (Wildman–Crippen MR) is 418 cm³/mol. The van der Waals surface area contributed by atoms with E-state index in [4.69, 9.17) is 37.0 Å². The zero-order valence-corrected chi connectivity index (χ0v) is 67.1. The Labute approximate surface area is 622 Å². The first-order chi connectivity index (χ1) is 49.7. The van der Waals surface area contributed by atoms with Crippen LogP contribution >= 0.6 is 15.6 Å². The SMILES string of the molecule is CCCCC/C=C\C/C=C\C/C=C\C/C=C\CCCC(=O)O[C@H](COC(=O)CCCCCCCCCCCCCCCCC)COP(=O)(O)OC[C@@H](O)COP(=O)(O)OC[C@@H](COC(=O)CCCCCCC/C=C\CCCCCCCC)OC(=O)CCCCCCCCCCCCCCCCC. The van der Waals surface area contributed by atoms with Gasteiger partial charge in [0, 0.05) is 25.7 Å². The molecule has 0 heterocycles. The van der Waals surface area contributed by atoms with Crippen LogP contribution in [0.4, 0.5) is 0 Å². The molecule has 0 aromatic rings. The van der Waals surface area contributed by atoms with Crippen molar-refractivity contribution in [2.75, 3.05) is 39.6 Å². The first kappa shape index (κ1) is 98.8. The first-order valence-corrected chi connectivity index (χ1v) is 44.5. The maximum atomic E-state index is 13.1. The molecule has 0 amide bonds. The van der Waals surface area contributed by atoms with E-state index in [0.717, 1.165) is 109 Å². The Hall–Kier alpha value is -3.24. The topological polar surface area (TPSA) is 237 Å². The van der Waals surface area contributed by atoms with E-state index in [-0.39, 0.29) is 25.7 Å². The summed E-state index contributed by atoms with van der Waals surface area (Å²) in [7, 11) is -9.96. The molecule has 0 fully saturated rings. The summed E-state index contributed by atoms with van der Waals surface area (Å²) in [6.45, 7) is 4.87. The van der Waals surface area contributed by atoms with Crippen molar-refractivity contribution in [1.29, 1.82) is 0 Å². The number of hydrogen-bond donors (Lipinski definition) is 3. The molecule has 102 heavy (non-hydrogen) atoms. The van der Waals surface area contributed by atoms with E-state index in [2.05, 4.69) is 76.3 Å². The van der Waals surface area contributed by atoms with Crippen LogP contribution in [0.15, 0.2) is 60.8 Å². The highest BCUT2D eigenvalue weighted by atomic mass is 31.2. The summed E-state index contributed by atoms with van der Waals surface area (Å²) in [5.74, 6) is -2.21. The Balaban J connectivity index is 5.37. The standard InChI is InChI=1S/C83H152O17P2/c1-5-9-13-17-21-25-29-33-37-38-42-46-50-54-58-62-66-70-83(88)100-79(74-94-81(86)68-64-60-56-52-48-44-40-35-31-27-23-19-15-11-7-3)76-98-102(91,92)96-72-77(84)71-95-101(89,90)97-75-78(99-82(87)69-65-61-57-53-49-45-41-36-32-28-24-20-16-12-8-4)73-93-80(85)67-63-59-55-51-47-43-39-34-30-26-22-18-14-10-6-2/h21,25,33-34,37,39,42,46,54,58,77-79,84H,5-20,22-24,26-32,35-36,38,40-41,43-45,47-53,55-57,59-76H2,1-4H3,(H,89,90)(H,91,92)/b25-21-,37-33-,39-34-,46-42-,58-54-/t77-,78+,79+/m0/s1. The third kappa shape index (κ3) is 75.0. The smallest absolute Gasteiger partial charge is 0.462 e. The molecule has 0 aliphatic carbocycles. The molecule has 0 saturated heterocycles. The minimum Gasteiger partial charge on any atom is -0.462 e. The fourth-order valence-corrected chi connectivity index (χ4v) is 13.2. The second kappa shape index (κ2) is 76.0. The molecule has 17 nitrogen and oxygen atoms in total. The normalized spacial score (nSPS) is 14.1. The lowest BCUT2D eigenvalue weighted by Gasteiger charge is -2.21. The minimum atomic E-state index is -4.98. The number of carbonyl (C=O) groups excluding carboxylic acids is 4. The van der Waals surface area contributed by atoms with Crippen LogP contribution in [0.25, 0.3) is 0 Å². The van der Waals surface area contributed by atoms with Crippen LogP contribution < -0.4 is 0 Å². The molecule has 0 aromatic carbocycles. The summed E-state index contributed by atoms with van der Waals surface area (Å²) < 4.78 is 68.7. The lowest BCUT2D eigenvalue weighted by molar-refractivity contribution is -0.161. The molecule has 0 saturated carbocycles.